The zero-order chi connectivity index (χ0) is 13.4. The van der Waals surface area contributed by atoms with Crippen LogP contribution >= 0.6 is 11.6 Å². The number of rotatable bonds is 6. The minimum absolute atomic E-state index is 0.0703. The number of urea groups is 1. The fraction of sp³-hybridized carbons (Fsp3) is 0.333. The van der Waals surface area contributed by atoms with Gasteiger partial charge in [0, 0.05) is 24.2 Å². The van der Waals surface area contributed by atoms with E-state index in [-0.39, 0.29) is 12.3 Å². The van der Waals surface area contributed by atoms with Crippen LogP contribution in [0.5, 0.6) is 0 Å². The van der Waals surface area contributed by atoms with Gasteiger partial charge in [-0.3, -0.25) is 4.79 Å². The summed E-state index contributed by atoms with van der Waals surface area (Å²) in [7, 11) is 1.54. The molecule has 0 unspecified atom stereocenters. The number of hydrogen-bond acceptors (Lipinski definition) is 3. The zero-order valence-electron chi connectivity index (χ0n) is 10.0. The normalized spacial score (nSPS) is 9.89. The van der Waals surface area contributed by atoms with Gasteiger partial charge in [0.2, 0.25) is 0 Å². The number of Topliss-reactive ketones (excluding diaryl/α,β-unsaturated/α-hetero) is 1. The summed E-state index contributed by atoms with van der Waals surface area (Å²) in [4.78, 5) is 23.0. The molecule has 98 valence electrons. The van der Waals surface area contributed by atoms with E-state index in [2.05, 4.69) is 10.6 Å². The molecule has 0 bridgehead atoms. The van der Waals surface area contributed by atoms with Crippen LogP contribution in [0.25, 0.3) is 0 Å². The van der Waals surface area contributed by atoms with Crippen molar-refractivity contribution in [2.24, 2.45) is 0 Å². The summed E-state index contributed by atoms with van der Waals surface area (Å²) in [6, 6.07) is 6.19. The highest BCUT2D eigenvalue weighted by molar-refractivity contribution is 6.31. The van der Waals surface area contributed by atoms with Crippen LogP contribution in [-0.2, 0) is 4.74 Å². The molecule has 1 aromatic carbocycles. The van der Waals surface area contributed by atoms with Gasteiger partial charge in [-0.05, 0) is 12.1 Å². The van der Waals surface area contributed by atoms with E-state index in [1.54, 1.807) is 31.4 Å². The third-order valence-corrected chi connectivity index (χ3v) is 2.38. The fourth-order valence-corrected chi connectivity index (χ4v) is 1.44. The van der Waals surface area contributed by atoms with Crippen molar-refractivity contribution < 1.29 is 14.3 Å². The first-order valence-electron chi connectivity index (χ1n) is 5.43. The van der Waals surface area contributed by atoms with Crippen molar-refractivity contribution in [2.75, 3.05) is 26.8 Å². The average molecular weight is 271 g/mol. The molecule has 0 atom stereocenters. The number of carbonyl (C=O) groups is 2. The second kappa shape index (κ2) is 7.68. The molecule has 6 heteroatoms. The Morgan fingerprint density at radius 1 is 1.33 bits per heavy atom. The van der Waals surface area contributed by atoms with E-state index in [0.29, 0.717) is 23.7 Å². The molecule has 0 aliphatic carbocycles. The molecule has 0 radical (unpaired) electrons. The van der Waals surface area contributed by atoms with Gasteiger partial charge in [0.1, 0.15) is 0 Å². The van der Waals surface area contributed by atoms with E-state index < -0.39 is 6.03 Å². The Balaban J connectivity index is 2.35. The van der Waals surface area contributed by atoms with Crippen molar-refractivity contribution in [3.05, 3.63) is 34.9 Å². The molecule has 2 amide bonds. The van der Waals surface area contributed by atoms with Crippen LogP contribution in [0.2, 0.25) is 5.02 Å². The Labute approximate surface area is 110 Å². The van der Waals surface area contributed by atoms with Gasteiger partial charge in [-0.25, -0.2) is 4.79 Å². The van der Waals surface area contributed by atoms with Gasteiger partial charge in [0.15, 0.2) is 5.78 Å². The number of ketones is 1. The van der Waals surface area contributed by atoms with Gasteiger partial charge in [0.25, 0.3) is 0 Å². The highest BCUT2D eigenvalue weighted by atomic mass is 35.5. The number of carbonyl (C=O) groups excluding carboxylic acids is 2. The van der Waals surface area contributed by atoms with Gasteiger partial charge < -0.3 is 15.4 Å². The first-order chi connectivity index (χ1) is 8.63. The van der Waals surface area contributed by atoms with E-state index in [9.17, 15) is 9.59 Å². The highest BCUT2D eigenvalue weighted by Gasteiger charge is 2.07. The first-order valence-corrected chi connectivity index (χ1v) is 5.80. The summed E-state index contributed by atoms with van der Waals surface area (Å²) in [5, 5.41) is 5.50. The van der Waals surface area contributed by atoms with Crippen molar-refractivity contribution in [3.63, 3.8) is 0 Å². The maximum Gasteiger partial charge on any atom is 0.315 e. The lowest BCUT2D eigenvalue weighted by atomic mass is 10.1. The van der Waals surface area contributed by atoms with Gasteiger partial charge in [-0.15, -0.1) is 0 Å². The molecule has 0 fully saturated rings. The van der Waals surface area contributed by atoms with E-state index in [1.807, 2.05) is 0 Å². The second-order valence-electron chi connectivity index (χ2n) is 3.54. The molecule has 0 aromatic heterocycles. The summed E-state index contributed by atoms with van der Waals surface area (Å²) >= 11 is 5.77. The lowest BCUT2D eigenvalue weighted by Crippen LogP contribution is -2.39. The number of nitrogens with one attached hydrogen (secondary N) is 2. The minimum atomic E-state index is -0.401. The van der Waals surface area contributed by atoms with Gasteiger partial charge in [0.05, 0.1) is 13.2 Å². The topological polar surface area (TPSA) is 67.4 Å². The summed E-state index contributed by atoms with van der Waals surface area (Å²) in [6.45, 7) is 0.752. The molecular formula is C12H15ClN2O3. The van der Waals surface area contributed by atoms with Crippen LogP contribution < -0.4 is 10.6 Å². The van der Waals surface area contributed by atoms with Gasteiger partial charge in [-0.1, -0.05) is 23.7 Å². The summed E-state index contributed by atoms with van der Waals surface area (Å²) in [5.74, 6) is -0.195. The Morgan fingerprint density at radius 3 is 2.78 bits per heavy atom. The highest BCUT2D eigenvalue weighted by Crippen LogP contribution is 2.10. The lowest BCUT2D eigenvalue weighted by Gasteiger charge is -2.06. The summed E-state index contributed by atoms with van der Waals surface area (Å²) in [6.07, 6.45) is 0. The zero-order valence-corrected chi connectivity index (χ0v) is 10.8. The van der Waals surface area contributed by atoms with Crippen LogP contribution in [-0.4, -0.2) is 38.6 Å². The molecule has 2 N–H and O–H groups in total. The number of ether oxygens (including phenoxy) is 1. The lowest BCUT2D eigenvalue weighted by molar-refractivity contribution is 0.0992. The molecule has 0 aliphatic rings. The third kappa shape index (κ3) is 5.16. The molecule has 1 aromatic rings. The van der Waals surface area contributed by atoms with Crippen molar-refractivity contribution >= 4 is 23.4 Å². The Bertz CT molecular complexity index is 424. The van der Waals surface area contributed by atoms with Crippen molar-refractivity contribution in [3.8, 4) is 0 Å². The molecular weight excluding hydrogens is 256 g/mol. The van der Waals surface area contributed by atoms with E-state index in [4.69, 9.17) is 16.3 Å². The predicted molar refractivity (Wildman–Crippen MR) is 69.1 cm³/mol. The summed E-state index contributed by atoms with van der Waals surface area (Å²) in [5.41, 5.74) is 0.472. The Kier molecular flexibility index (Phi) is 6.18. The minimum Gasteiger partial charge on any atom is -0.383 e. The smallest absolute Gasteiger partial charge is 0.315 e. The molecule has 1 rings (SSSR count). The molecule has 0 saturated heterocycles. The maximum absolute atomic E-state index is 11.7. The quantitative estimate of drug-likeness (QED) is 0.608. The van der Waals surface area contributed by atoms with Crippen molar-refractivity contribution in [1.29, 1.82) is 0 Å². The number of amides is 2. The molecule has 0 saturated carbocycles. The SMILES string of the molecule is COCCNC(=O)NCC(=O)c1cccc(Cl)c1. The van der Waals surface area contributed by atoms with Gasteiger partial charge in [-0.2, -0.15) is 0 Å². The number of halogens is 1. The van der Waals surface area contributed by atoms with Crippen molar-refractivity contribution in [1.82, 2.24) is 10.6 Å². The Hall–Kier alpha value is -1.59. The second-order valence-corrected chi connectivity index (χ2v) is 3.97. The monoisotopic (exact) mass is 270 g/mol. The van der Waals surface area contributed by atoms with Crippen LogP contribution in [0.4, 0.5) is 4.79 Å². The molecule has 18 heavy (non-hydrogen) atoms. The Morgan fingerprint density at radius 2 is 2.11 bits per heavy atom. The van der Waals surface area contributed by atoms with E-state index in [1.165, 1.54) is 0 Å². The average Bonchev–Trinajstić information content (AvgIpc) is 2.36. The fourth-order valence-electron chi connectivity index (χ4n) is 1.25. The third-order valence-electron chi connectivity index (χ3n) is 2.15. The number of benzene rings is 1. The number of hydrogen-bond donors (Lipinski definition) is 2. The van der Waals surface area contributed by atoms with Crippen LogP contribution in [0.15, 0.2) is 24.3 Å². The molecule has 5 nitrogen and oxygen atoms in total. The largest absolute Gasteiger partial charge is 0.383 e. The standard InChI is InChI=1S/C12H15ClN2O3/c1-18-6-5-14-12(17)15-8-11(16)9-3-2-4-10(13)7-9/h2-4,7H,5-6,8H2,1H3,(H2,14,15,17). The van der Waals surface area contributed by atoms with E-state index >= 15 is 0 Å². The van der Waals surface area contributed by atoms with Crippen molar-refractivity contribution in [2.45, 2.75) is 0 Å². The van der Waals surface area contributed by atoms with Crippen LogP contribution in [0.1, 0.15) is 10.4 Å². The molecule has 0 spiro atoms. The van der Waals surface area contributed by atoms with Gasteiger partial charge >= 0.3 is 6.03 Å². The molecule has 0 aliphatic heterocycles. The number of methoxy groups -OCH3 is 1. The van der Waals surface area contributed by atoms with Crippen LogP contribution in [0, 0.1) is 0 Å². The first kappa shape index (κ1) is 14.5. The van der Waals surface area contributed by atoms with E-state index in [0.717, 1.165) is 0 Å². The molecule has 0 heterocycles. The summed E-state index contributed by atoms with van der Waals surface area (Å²) < 4.78 is 4.78. The van der Waals surface area contributed by atoms with Crippen LogP contribution in [0.3, 0.4) is 0 Å². The predicted octanol–water partition coefficient (Wildman–Crippen LogP) is 1.47. The maximum atomic E-state index is 11.7.